The number of amides is 2. The summed E-state index contributed by atoms with van der Waals surface area (Å²) in [5.41, 5.74) is 1.64. The number of anilines is 1. The Morgan fingerprint density at radius 1 is 1.06 bits per heavy atom. The summed E-state index contributed by atoms with van der Waals surface area (Å²) in [6.07, 6.45) is -4.85. The van der Waals surface area contributed by atoms with Gasteiger partial charge < -0.3 is 14.8 Å². The Balaban J connectivity index is 2.01. The number of methoxy groups -OCH3 is 2. The molecule has 2 amide bonds. The Kier molecular flexibility index (Phi) is 7.87. The van der Waals surface area contributed by atoms with Gasteiger partial charge in [0.25, 0.3) is 5.91 Å². The Morgan fingerprint density at radius 2 is 1.74 bits per heavy atom. The number of halogens is 4. The number of nitrogens with one attached hydrogen (secondary N) is 2. The van der Waals surface area contributed by atoms with Crippen LogP contribution in [0.2, 0.25) is 5.02 Å². The van der Waals surface area contributed by atoms with Crippen LogP contribution in [0.1, 0.15) is 29.3 Å². The van der Waals surface area contributed by atoms with E-state index in [1.54, 1.807) is 6.07 Å². The van der Waals surface area contributed by atoms with E-state index in [0.717, 1.165) is 18.2 Å². The van der Waals surface area contributed by atoms with Crippen molar-refractivity contribution >= 4 is 34.8 Å². The van der Waals surface area contributed by atoms with Gasteiger partial charge in [0.05, 0.1) is 36.9 Å². The maximum atomic E-state index is 12.8. The number of carbonyl (C=O) groups is 2. The number of alkyl halides is 3. The van der Waals surface area contributed by atoms with E-state index in [1.165, 1.54) is 33.3 Å². The average Bonchev–Trinajstić information content (AvgIpc) is 2.72. The Bertz CT molecular complexity index is 1010. The van der Waals surface area contributed by atoms with Crippen LogP contribution in [0.15, 0.2) is 41.5 Å². The standard InChI is InChI=1S/C20H19ClF3N3O4/c1-11(26-27-19(29)12-4-7-16(30-2)17(9-12)31-3)8-18(28)25-15-10-13(20(22,23)24)5-6-14(15)21/h4-7,9-10H,8H2,1-3H3,(H,25,28)(H,27,29)/b26-11-. The smallest absolute Gasteiger partial charge is 0.416 e. The maximum Gasteiger partial charge on any atom is 0.416 e. The van der Waals surface area contributed by atoms with Gasteiger partial charge in [0, 0.05) is 11.3 Å². The first-order valence-electron chi connectivity index (χ1n) is 8.77. The van der Waals surface area contributed by atoms with Gasteiger partial charge in [-0.25, -0.2) is 5.43 Å². The number of nitrogens with zero attached hydrogens (tertiary/aromatic N) is 1. The lowest BCUT2D eigenvalue weighted by molar-refractivity contribution is -0.137. The molecule has 2 rings (SSSR count). The topological polar surface area (TPSA) is 89.0 Å². The molecule has 31 heavy (non-hydrogen) atoms. The normalized spacial score (nSPS) is 11.6. The third-order valence-electron chi connectivity index (χ3n) is 3.98. The number of benzene rings is 2. The Morgan fingerprint density at radius 3 is 2.35 bits per heavy atom. The van der Waals surface area contributed by atoms with Crippen LogP contribution in [0, 0.1) is 0 Å². The molecule has 0 aliphatic heterocycles. The fraction of sp³-hybridized carbons (Fsp3) is 0.250. The highest BCUT2D eigenvalue weighted by molar-refractivity contribution is 6.33. The molecule has 0 saturated carbocycles. The summed E-state index contributed by atoms with van der Waals surface area (Å²) >= 11 is 5.86. The second-order valence-corrected chi connectivity index (χ2v) is 6.68. The van der Waals surface area contributed by atoms with E-state index in [1.807, 2.05) is 0 Å². The molecular formula is C20H19ClF3N3O4. The highest BCUT2D eigenvalue weighted by Gasteiger charge is 2.31. The largest absolute Gasteiger partial charge is 0.493 e. The van der Waals surface area contributed by atoms with Crippen molar-refractivity contribution in [1.29, 1.82) is 0 Å². The van der Waals surface area contributed by atoms with Gasteiger partial charge in [-0.15, -0.1) is 0 Å². The molecule has 0 unspecified atom stereocenters. The van der Waals surface area contributed by atoms with E-state index in [4.69, 9.17) is 21.1 Å². The van der Waals surface area contributed by atoms with Crippen molar-refractivity contribution in [1.82, 2.24) is 5.43 Å². The van der Waals surface area contributed by atoms with E-state index in [9.17, 15) is 22.8 Å². The van der Waals surface area contributed by atoms with Gasteiger partial charge in [-0.2, -0.15) is 18.3 Å². The van der Waals surface area contributed by atoms with Gasteiger partial charge in [-0.1, -0.05) is 11.6 Å². The minimum Gasteiger partial charge on any atom is -0.493 e. The first kappa shape index (κ1) is 24.0. The molecule has 2 N–H and O–H groups in total. The molecule has 0 saturated heterocycles. The lowest BCUT2D eigenvalue weighted by Crippen LogP contribution is -2.21. The minimum absolute atomic E-state index is 0.0438. The number of ether oxygens (including phenoxy) is 2. The molecule has 0 bridgehead atoms. The van der Waals surface area contributed by atoms with E-state index in [-0.39, 0.29) is 28.4 Å². The van der Waals surface area contributed by atoms with Gasteiger partial charge in [0.15, 0.2) is 11.5 Å². The van der Waals surface area contributed by atoms with Crippen LogP contribution in [-0.4, -0.2) is 31.7 Å². The summed E-state index contributed by atoms with van der Waals surface area (Å²) in [7, 11) is 2.89. The molecule has 0 heterocycles. The molecule has 0 aromatic heterocycles. The van der Waals surface area contributed by atoms with Gasteiger partial charge in [0.1, 0.15) is 0 Å². The van der Waals surface area contributed by atoms with Crippen LogP contribution in [-0.2, 0) is 11.0 Å². The molecule has 166 valence electrons. The zero-order valence-electron chi connectivity index (χ0n) is 16.8. The van der Waals surface area contributed by atoms with E-state index >= 15 is 0 Å². The molecule has 0 spiro atoms. The highest BCUT2D eigenvalue weighted by Crippen LogP contribution is 2.33. The second-order valence-electron chi connectivity index (χ2n) is 6.28. The van der Waals surface area contributed by atoms with Gasteiger partial charge in [-0.05, 0) is 43.3 Å². The van der Waals surface area contributed by atoms with Gasteiger partial charge in [-0.3, -0.25) is 9.59 Å². The molecule has 0 fully saturated rings. The molecule has 7 nitrogen and oxygen atoms in total. The number of hydrogen-bond acceptors (Lipinski definition) is 5. The lowest BCUT2D eigenvalue weighted by Gasteiger charge is -2.11. The number of carbonyl (C=O) groups excluding carboxylic acids is 2. The summed E-state index contributed by atoms with van der Waals surface area (Å²) in [5, 5.41) is 6.09. The zero-order chi connectivity index (χ0) is 23.2. The van der Waals surface area contributed by atoms with Crippen molar-refractivity contribution in [3.63, 3.8) is 0 Å². The summed E-state index contributed by atoms with van der Waals surface area (Å²) in [5.74, 6) is -0.402. The first-order chi connectivity index (χ1) is 14.5. The second kappa shape index (κ2) is 10.2. The van der Waals surface area contributed by atoms with E-state index < -0.39 is 23.6 Å². The van der Waals surface area contributed by atoms with Crippen molar-refractivity contribution in [2.45, 2.75) is 19.5 Å². The predicted molar refractivity (Wildman–Crippen MR) is 110 cm³/mol. The van der Waals surface area contributed by atoms with Crippen LogP contribution < -0.4 is 20.2 Å². The van der Waals surface area contributed by atoms with Gasteiger partial charge >= 0.3 is 6.18 Å². The van der Waals surface area contributed by atoms with E-state index in [0.29, 0.717) is 11.5 Å². The minimum atomic E-state index is -4.57. The monoisotopic (exact) mass is 457 g/mol. The van der Waals surface area contributed by atoms with Crippen LogP contribution in [0.3, 0.4) is 0 Å². The predicted octanol–water partition coefficient (Wildman–Crippen LogP) is 4.51. The number of hydrazone groups is 1. The van der Waals surface area contributed by atoms with Crippen molar-refractivity contribution in [2.75, 3.05) is 19.5 Å². The van der Waals surface area contributed by atoms with Crippen molar-refractivity contribution in [3.05, 3.63) is 52.5 Å². The fourth-order valence-corrected chi connectivity index (χ4v) is 2.62. The zero-order valence-corrected chi connectivity index (χ0v) is 17.5. The molecule has 0 aliphatic carbocycles. The average molecular weight is 458 g/mol. The number of hydrogen-bond donors (Lipinski definition) is 2. The third kappa shape index (κ3) is 6.61. The molecular weight excluding hydrogens is 439 g/mol. The summed E-state index contributed by atoms with van der Waals surface area (Å²) in [6, 6.07) is 7.12. The third-order valence-corrected chi connectivity index (χ3v) is 4.31. The highest BCUT2D eigenvalue weighted by atomic mass is 35.5. The first-order valence-corrected chi connectivity index (χ1v) is 9.15. The van der Waals surface area contributed by atoms with Crippen molar-refractivity contribution in [3.8, 4) is 11.5 Å². The molecule has 2 aromatic carbocycles. The SMILES string of the molecule is COc1ccc(C(=O)N/N=C(/C)CC(=O)Nc2cc(C(F)(F)F)ccc2Cl)cc1OC. The molecule has 0 atom stereocenters. The van der Waals surface area contributed by atoms with Crippen molar-refractivity contribution < 1.29 is 32.2 Å². The summed E-state index contributed by atoms with van der Waals surface area (Å²) in [6.45, 7) is 1.47. The Labute approximate surface area is 181 Å². The number of rotatable bonds is 7. The van der Waals surface area contributed by atoms with E-state index in [2.05, 4.69) is 15.8 Å². The van der Waals surface area contributed by atoms with Crippen molar-refractivity contribution in [2.24, 2.45) is 5.10 Å². The van der Waals surface area contributed by atoms with Crippen LogP contribution in [0.4, 0.5) is 18.9 Å². The molecule has 0 radical (unpaired) electrons. The lowest BCUT2D eigenvalue weighted by atomic mass is 10.2. The molecule has 2 aromatic rings. The van der Waals surface area contributed by atoms with Crippen LogP contribution in [0.25, 0.3) is 0 Å². The quantitative estimate of drug-likeness (QED) is 0.473. The van der Waals surface area contributed by atoms with Gasteiger partial charge in [0.2, 0.25) is 5.91 Å². The Hall–Kier alpha value is -3.27. The van der Waals surface area contributed by atoms with Crippen LogP contribution >= 0.6 is 11.6 Å². The van der Waals surface area contributed by atoms with Crippen LogP contribution in [0.5, 0.6) is 11.5 Å². The summed E-state index contributed by atoms with van der Waals surface area (Å²) < 4.78 is 48.7. The summed E-state index contributed by atoms with van der Waals surface area (Å²) in [4.78, 5) is 24.4. The maximum absolute atomic E-state index is 12.8. The molecule has 11 heteroatoms. The fourth-order valence-electron chi connectivity index (χ4n) is 2.45. The molecule has 0 aliphatic rings.